The first-order valence-corrected chi connectivity index (χ1v) is 6.74. The van der Waals surface area contributed by atoms with Gasteiger partial charge in [0.05, 0.1) is 16.6 Å². The molecule has 0 atom stereocenters. The van der Waals surface area contributed by atoms with Crippen molar-refractivity contribution in [3.05, 3.63) is 27.8 Å². The van der Waals surface area contributed by atoms with E-state index in [1.54, 1.807) is 0 Å². The number of halogens is 4. The monoisotopic (exact) mass is 333 g/mol. The molecule has 0 spiro atoms. The zero-order valence-corrected chi connectivity index (χ0v) is 10.6. The zero-order valence-electron chi connectivity index (χ0n) is 9.05. The summed E-state index contributed by atoms with van der Waals surface area (Å²) < 4.78 is 62.1. The van der Waals surface area contributed by atoms with E-state index in [2.05, 4.69) is 4.74 Å². The van der Waals surface area contributed by atoms with Gasteiger partial charge in [-0.05, 0) is 0 Å². The molecule has 0 aromatic heterocycles. The highest BCUT2D eigenvalue weighted by atomic mass is 35.7. The number of aldehydes is 1. The summed E-state index contributed by atoms with van der Waals surface area (Å²) in [6, 6.07) is 0.623. The Hall–Kier alpha value is -1.88. The third-order valence-electron chi connectivity index (χ3n) is 1.91. The molecule has 0 N–H and O–H groups in total. The third-order valence-corrected chi connectivity index (χ3v) is 3.27. The van der Waals surface area contributed by atoms with Crippen LogP contribution in [0.4, 0.5) is 18.9 Å². The molecule has 0 amide bonds. The molecule has 0 aliphatic heterocycles. The Morgan fingerprint density at radius 3 is 2.25 bits per heavy atom. The van der Waals surface area contributed by atoms with Crippen molar-refractivity contribution in [2.45, 2.75) is 11.3 Å². The molecule has 1 aromatic carbocycles. The topological polar surface area (TPSA) is 104 Å². The molecule has 0 heterocycles. The van der Waals surface area contributed by atoms with Crippen molar-refractivity contribution in [3.63, 3.8) is 0 Å². The van der Waals surface area contributed by atoms with E-state index in [1.807, 2.05) is 0 Å². The van der Waals surface area contributed by atoms with E-state index in [-0.39, 0.29) is 12.4 Å². The van der Waals surface area contributed by atoms with Crippen LogP contribution in [0.3, 0.4) is 0 Å². The Balaban J connectivity index is 3.68. The molecule has 1 rings (SSSR count). The standard InChI is InChI=1S/C8H3ClF3NO6S/c9-20(17,18)7-2-4(13(15)16)1-6(5(7)3-14)19-8(10,11)12/h1-3H. The minimum Gasteiger partial charge on any atom is -0.405 e. The Morgan fingerprint density at radius 1 is 1.35 bits per heavy atom. The van der Waals surface area contributed by atoms with Gasteiger partial charge in [-0.2, -0.15) is 0 Å². The summed E-state index contributed by atoms with van der Waals surface area (Å²) in [6.07, 6.45) is -5.54. The van der Waals surface area contributed by atoms with Gasteiger partial charge in [-0.25, -0.2) is 8.42 Å². The third kappa shape index (κ3) is 3.81. The van der Waals surface area contributed by atoms with E-state index >= 15 is 0 Å². The number of rotatable bonds is 4. The quantitative estimate of drug-likeness (QED) is 0.362. The van der Waals surface area contributed by atoms with E-state index in [0.29, 0.717) is 6.07 Å². The highest BCUT2D eigenvalue weighted by molar-refractivity contribution is 8.13. The molecule has 0 radical (unpaired) electrons. The van der Waals surface area contributed by atoms with Crippen LogP contribution in [0.25, 0.3) is 0 Å². The van der Waals surface area contributed by atoms with Crippen molar-refractivity contribution >= 4 is 31.7 Å². The van der Waals surface area contributed by atoms with Crippen LogP contribution in [0.15, 0.2) is 17.0 Å². The van der Waals surface area contributed by atoms with Crippen LogP contribution in [-0.4, -0.2) is 26.0 Å². The molecule has 12 heteroatoms. The van der Waals surface area contributed by atoms with E-state index in [1.165, 1.54) is 0 Å². The highest BCUT2D eigenvalue weighted by Gasteiger charge is 2.35. The molecule has 110 valence electrons. The molecule has 0 saturated carbocycles. The first kappa shape index (κ1) is 16.2. The summed E-state index contributed by atoms with van der Waals surface area (Å²) in [5.74, 6) is -1.33. The molecule has 7 nitrogen and oxygen atoms in total. The van der Waals surface area contributed by atoms with Gasteiger partial charge < -0.3 is 4.74 Å². The summed E-state index contributed by atoms with van der Waals surface area (Å²) in [5, 5.41) is 10.5. The van der Waals surface area contributed by atoms with Crippen LogP contribution in [0, 0.1) is 10.1 Å². The number of nitrogens with zero attached hydrogens (tertiary/aromatic N) is 1. The van der Waals surface area contributed by atoms with Crippen molar-refractivity contribution in [2.75, 3.05) is 0 Å². The minimum absolute atomic E-state index is 0.264. The summed E-state index contributed by atoms with van der Waals surface area (Å²) >= 11 is 0. The summed E-state index contributed by atoms with van der Waals surface area (Å²) in [7, 11) is 0.226. The lowest BCUT2D eigenvalue weighted by Gasteiger charge is -2.12. The lowest BCUT2D eigenvalue weighted by Crippen LogP contribution is -2.19. The van der Waals surface area contributed by atoms with Crippen LogP contribution in [-0.2, 0) is 9.05 Å². The van der Waals surface area contributed by atoms with Gasteiger partial charge in [-0.1, -0.05) is 0 Å². The van der Waals surface area contributed by atoms with Crippen LogP contribution in [0.2, 0.25) is 0 Å². The molecule has 0 saturated heterocycles. The van der Waals surface area contributed by atoms with E-state index in [9.17, 15) is 36.5 Å². The number of hydrogen-bond donors (Lipinski definition) is 0. The number of hydrogen-bond acceptors (Lipinski definition) is 6. The van der Waals surface area contributed by atoms with Gasteiger partial charge in [-0.3, -0.25) is 14.9 Å². The lowest BCUT2D eigenvalue weighted by atomic mass is 10.2. The predicted octanol–water partition coefficient (Wildman–Crippen LogP) is 2.23. The molecule has 20 heavy (non-hydrogen) atoms. The molecule has 0 fully saturated rings. The second-order valence-electron chi connectivity index (χ2n) is 3.22. The fourth-order valence-corrected chi connectivity index (χ4v) is 2.28. The SMILES string of the molecule is O=Cc1c(OC(F)(F)F)cc([N+](=O)[O-])cc1S(=O)(=O)Cl. The van der Waals surface area contributed by atoms with Crippen molar-refractivity contribution in [1.29, 1.82) is 0 Å². The number of non-ortho nitro benzene ring substituents is 1. The summed E-state index contributed by atoms with van der Waals surface area (Å²) in [5.41, 5.74) is -2.10. The maximum atomic E-state index is 12.1. The average molecular weight is 334 g/mol. The molecule has 0 bridgehead atoms. The van der Waals surface area contributed by atoms with Gasteiger partial charge in [0.15, 0.2) is 6.29 Å². The van der Waals surface area contributed by atoms with Gasteiger partial charge in [0.1, 0.15) is 10.6 Å². The maximum absolute atomic E-state index is 12.1. The Morgan fingerprint density at radius 2 is 1.90 bits per heavy atom. The molecular formula is C8H3ClF3NO6S. The Labute approximate surface area is 113 Å². The number of ether oxygens (including phenoxy) is 1. The zero-order chi connectivity index (χ0) is 15.7. The molecule has 1 aromatic rings. The maximum Gasteiger partial charge on any atom is 0.573 e. The van der Waals surface area contributed by atoms with E-state index in [0.717, 1.165) is 0 Å². The van der Waals surface area contributed by atoms with Gasteiger partial charge >= 0.3 is 6.36 Å². The number of benzene rings is 1. The average Bonchev–Trinajstić information content (AvgIpc) is 2.24. The summed E-state index contributed by atoms with van der Waals surface area (Å²) in [6.45, 7) is 0. The van der Waals surface area contributed by atoms with Crippen LogP contribution < -0.4 is 4.74 Å². The second-order valence-corrected chi connectivity index (χ2v) is 5.75. The van der Waals surface area contributed by atoms with Crippen molar-refractivity contribution in [1.82, 2.24) is 0 Å². The molecule has 0 aliphatic rings. The van der Waals surface area contributed by atoms with E-state index < -0.39 is 42.2 Å². The first-order valence-electron chi connectivity index (χ1n) is 4.43. The normalized spacial score (nSPS) is 12.0. The Kier molecular flexibility index (Phi) is 4.24. The van der Waals surface area contributed by atoms with Crippen LogP contribution in [0.5, 0.6) is 5.75 Å². The minimum atomic E-state index is -5.28. The van der Waals surface area contributed by atoms with Crippen LogP contribution in [0.1, 0.15) is 10.4 Å². The largest absolute Gasteiger partial charge is 0.573 e. The fraction of sp³-hybridized carbons (Fsp3) is 0.125. The van der Waals surface area contributed by atoms with Crippen molar-refractivity contribution in [2.24, 2.45) is 0 Å². The van der Waals surface area contributed by atoms with Gasteiger partial charge in [-0.15, -0.1) is 13.2 Å². The number of nitro benzene ring substituents is 1. The predicted molar refractivity (Wildman–Crippen MR) is 58.2 cm³/mol. The van der Waals surface area contributed by atoms with Crippen LogP contribution >= 0.6 is 10.7 Å². The smallest absolute Gasteiger partial charge is 0.405 e. The van der Waals surface area contributed by atoms with Gasteiger partial charge in [0.2, 0.25) is 0 Å². The Bertz CT molecular complexity index is 672. The molecular weight excluding hydrogens is 331 g/mol. The number of nitro groups is 1. The lowest BCUT2D eigenvalue weighted by molar-refractivity contribution is -0.385. The van der Waals surface area contributed by atoms with Crippen molar-refractivity contribution < 1.29 is 36.0 Å². The first-order chi connectivity index (χ1) is 8.95. The van der Waals surface area contributed by atoms with Gasteiger partial charge in [0.25, 0.3) is 14.7 Å². The van der Waals surface area contributed by atoms with Gasteiger partial charge in [0, 0.05) is 16.7 Å². The van der Waals surface area contributed by atoms with Crippen molar-refractivity contribution in [3.8, 4) is 5.75 Å². The summed E-state index contributed by atoms with van der Waals surface area (Å²) in [4.78, 5) is 18.9. The van der Waals surface area contributed by atoms with E-state index in [4.69, 9.17) is 10.7 Å². The second kappa shape index (κ2) is 5.25. The molecule has 0 aliphatic carbocycles. The molecule has 0 unspecified atom stereocenters. The number of carbonyl (C=O) groups excluding carboxylic acids is 1. The highest BCUT2D eigenvalue weighted by Crippen LogP contribution is 2.35. The number of alkyl halides is 3. The fourth-order valence-electron chi connectivity index (χ4n) is 1.22. The number of carbonyl (C=O) groups is 1.